The first kappa shape index (κ1) is 9.76. The maximum Gasteiger partial charge on any atom is 0.0630 e. The van der Waals surface area contributed by atoms with Crippen molar-refractivity contribution in [1.82, 2.24) is 0 Å². The normalized spacial score (nSPS) is 11.9. The molecule has 0 spiro atoms. The molecule has 0 fully saturated rings. The van der Waals surface area contributed by atoms with E-state index >= 15 is 0 Å². The summed E-state index contributed by atoms with van der Waals surface area (Å²) >= 11 is 1.78. The van der Waals surface area contributed by atoms with Gasteiger partial charge in [0.25, 0.3) is 0 Å². The fourth-order valence-corrected chi connectivity index (χ4v) is 3.72. The van der Waals surface area contributed by atoms with E-state index < -0.39 is 0 Å². The Morgan fingerprint density at radius 3 is 2.42 bits per heavy atom. The van der Waals surface area contributed by atoms with Crippen molar-refractivity contribution >= 4 is 31.5 Å². The van der Waals surface area contributed by atoms with Gasteiger partial charge in [0, 0.05) is 20.2 Å². The standard InChI is InChI=1S/C18H12S/c1-2-7-13(8-3-1)14-10-6-11-16-15-9-4-5-12-17(15)19-18(14)16/h1-12H/i11T. The summed E-state index contributed by atoms with van der Waals surface area (Å²) in [6.07, 6.45) is 0. The van der Waals surface area contributed by atoms with Gasteiger partial charge < -0.3 is 0 Å². The quantitative estimate of drug-likeness (QED) is 0.411. The third kappa shape index (κ3) is 1.66. The van der Waals surface area contributed by atoms with Crippen LogP contribution in [0.5, 0.6) is 0 Å². The molecule has 0 saturated carbocycles. The van der Waals surface area contributed by atoms with E-state index in [9.17, 15) is 0 Å². The molecule has 0 atom stereocenters. The van der Waals surface area contributed by atoms with Crippen LogP contribution in [0.3, 0.4) is 0 Å². The molecule has 4 aromatic rings. The molecule has 0 nitrogen and oxygen atoms in total. The Hall–Kier alpha value is -2.12. The Labute approximate surface area is 117 Å². The lowest BCUT2D eigenvalue weighted by atomic mass is 10.0. The summed E-state index contributed by atoms with van der Waals surface area (Å²) in [7, 11) is 0. The largest absolute Gasteiger partial charge is 0.135 e. The summed E-state index contributed by atoms with van der Waals surface area (Å²) in [6.45, 7) is 0. The zero-order chi connectivity index (χ0) is 13.5. The van der Waals surface area contributed by atoms with E-state index in [1.54, 1.807) is 11.3 Å². The highest BCUT2D eigenvalue weighted by Gasteiger charge is 2.08. The predicted octanol–water partition coefficient (Wildman–Crippen LogP) is 5.72. The minimum Gasteiger partial charge on any atom is -0.135 e. The molecule has 0 amide bonds. The molecule has 3 aromatic carbocycles. The van der Waals surface area contributed by atoms with Crippen molar-refractivity contribution in [3.63, 3.8) is 0 Å². The van der Waals surface area contributed by atoms with Gasteiger partial charge in [-0.1, -0.05) is 66.7 Å². The Bertz CT molecular complexity index is 907. The van der Waals surface area contributed by atoms with E-state index in [0.717, 1.165) is 5.39 Å². The average Bonchev–Trinajstić information content (AvgIpc) is 2.88. The van der Waals surface area contributed by atoms with Crippen LogP contribution in [-0.4, -0.2) is 0 Å². The van der Waals surface area contributed by atoms with Crippen LogP contribution in [0, 0.1) is 0 Å². The first-order valence-corrected chi connectivity index (χ1v) is 7.12. The number of thiophene rings is 1. The summed E-state index contributed by atoms with van der Waals surface area (Å²) < 4.78 is 10.7. The van der Waals surface area contributed by atoms with E-state index in [4.69, 9.17) is 1.37 Å². The Kier molecular flexibility index (Phi) is 2.17. The molecule has 0 radical (unpaired) electrons. The van der Waals surface area contributed by atoms with E-state index in [0.29, 0.717) is 6.04 Å². The highest BCUT2D eigenvalue weighted by Crippen LogP contribution is 2.39. The number of hydrogen-bond donors (Lipinski definition) is 0. The smallest absolute Gasteiger partial charge is 0.0630 e. The predicted molar refractivity (Wildman–Crippen MR) is 84.8 cm³/mol. The summed E-state index contributed by atoms with van der Waals surface area (Å²) in [5.74, 6) is 0. The van der Waals surface area contributed by atoms with Gasteiger partial charge >= 0.3 is 0 Å². The van der Waals surface area contributed by atoms with Gasteiger partial charge in [0.05, 0.1) is 1.37 Å². The second kappa shape index (κ2) is 4.22. The van der Waals surface area contributed by atoms with Crippen molar-refractivity contribution in [2.45, 2.75) is 0 Å². The third-order valence-corrected chi connectivity index (χ3v) is 4.61. The molecule has 4 rings (SSSR count). The Balaban J connectivity index is 2.16. The van der Waals surface area contributed by atoms with E-state index in [-0.39, 0.29) is 0 Å². The molecule has 0 N–H and O–H groups in total. The maximum atomic E-state index is 8.23. The van der Waals surface area contributed by atoms with Crippen LogP contribution >= 0.6 is 11.3 Å². The summed E-state index contributed by atoms with van der Waals surface area (Å²) in [6, 6.07) is 23.3. The molecule has 0 unspecified atom stereocenters. The average molecular weight is 262 g/mol. The minimum atomic E-state index is 0.608. The molecule has 1 heterocycles. The van der Waals surface area contributed by atoms with Crippen molar-refractivity contribution < 1.29 is 1.37 Å². The summed E-state index contributed by atoms with van der Waals surface area (Å²) in [5.41, 5.74) is 2.43. The summed E-state index contributed by atoms with van der Waals surface area (Å²) in [4.78, 5) is 0. The van der Waals surface area contributed by atoms with Gasteiger partial charge in [-0.05, 0) is 17.2 Å². The monoisotopic (exact) mass is 262 g/mol. The van der Waals surface area contributed by atoms with Crippen molar-refractivity contribution in [2.24, 2.45) is 0 Å². The molecule has 90 valence electrons. The van der Waals surface area contributed by atoms with Gasteiger partial charge in [-0.2, -0.15) is 0 Å². The zero-order valence-electron chi connectivity index (χ0n) is 11.3. The third-order valence-electron chi connectivity index (χ3n) is 3.40. The maximum absolute atomic E-state index is 8.23. The molecular formula is C18H12S. The van der Waals surface area contributed by atoms with Crippen molar-refractivity contribution in [3.8, 4) is 11.1 Å². The number of rotatable bonds is 1. The fraction of sp³-hybridized carbons (Fsp3) is 0. The van der Waals surface area contributed by atoms with Gasteiger partial charge in [0.2, 0.25) is 0 Å². The van der Waals surface area contributed by atoms with Crippen LogP contribution in [0.15, 0.2) is 72.8 Å². The minimum absolute atomic E-state index is 0.608. The van der Waals surface area contributed by atoms with E-state index in [1.807, 2.05) is 18.2 Å². The van der Waals surface area contributed by atoms with E-state index in [1.165, 1.54) is 25.9 Å². The highest BCUT2D eigenvalue weighted by molar-refractivity contribution is 7.26. The topological polar surface area (TPSA) is 0 Å². The van der Waals surface area contributed by atoms with Gasteiger partial charge in [-0.3, -0.25) is 0 Å². The van der Waals surface area contributed by atoms with Crippen LogP contribution in [0.4, 0.5) is 0 Å². The van der Waals surface area contributed by atoms with Gasteiger partial charge in [0.15, 0.2) is 0 Å². The molecule has 0 bridgehead atoms. The molecule has 0 aliphatic carbocycles. The number of hydrogen-bond acceptors (Lipinski definition) is 1. The number of fused-ring (bicyclic) bond motifs is 3. The van der Waals surface area contributed by atoms with Crippen LogP contribution < -0.4 is 0 Å². The lowest BCUT2D eigenvalue weighted by Gasteiger charge is -2.02. The van der Waals surface area contributed by atoms with Crippen molar-refractivity contribution in [1.29, 1.82) is 0 Å². The van der Waals surface area contributed by atoms with Crippen LogP contribution in [-0.2, 0) is 0 Å². The molecule has 0 saturated heterocycles. The lowest BCUT2D eigenvalue weighted by molar-refractivity contribution is 1.67. The van der Waals surface area contributed by atoms with Gasteiger partial charge in [0.1, 0.15) is 0 Å². The molecule has 0 aliphatic heterocycles. The number of benzene rings is 3. The molecule has 1 aromatic heterocycles. The van der Waals surface area contributed by atoms with Crippen LogP contribution in [0.1, 0.15) is 1.37 Å². The van der Waals surface area contributed by atoms with Crippen LogP contribution in [0.2, 0.25) is 0 Å². The Morgan fingerprint density at radius 2 is 1.53 bits per heavy atom. The SMILES string of the molecule is [3H]c1ccc(-c2ccccc2)c2sc3ccccc3c12. The lowest BCUT2D eigenvalue weighted by Crippen LogP contribution is -1.76. The van der Waals surface area contributed by atoms with Crippen LogP contribution in [0.25, 0.3) is 31.3 Å². The fourth-order valence-electron chi connectivity index (χ4n) is 2.51. The Morgan fingerprint density at radius 1 is 0.737 bits per heavy atom. The first-order chi connectivity index (χ1) is 9.84. The molecule has 0 aliphatic rings. The summed E-state index contributed by atoms with van der Waals surface area (Å²) in [5, 5.41) is 2.27. The molecule has 1 heteroatoms. The van der Waals surface area contributed by atoms with Gasteiger partial charge in [-0.25, -0.2) is 0 Å². The second-order valence-corrected chi connectivity index (χ2v) is 5.61. The highest BCUT2D eigenvalue weighted by atomic mass is 32.1. The van der Waals surface area contributed by atoms with Gasteiger partial charge in [-0.15, -0.1) is 11.3 Å². The molecular weight excluding hydrogens is 248 g/mol. The van der Waals surface area contributed by atoms with Crippen molar-refractivity contribution in [3.05, 3.63) is 72.8 Å². The van der Waals surface area contributed by atoms with E-state index in [2.05, 4.69) is 48.5 Å². The van der Waals surface area contributed by atoms with Crippen molar-refractivity contribution in [2.75, 3.05) is 0 Å². The second-order valence-electron chi connectivity index (χ2n) is 4.56. The zero-order valence-corrected chi connectivity index (χ0v) is 11.1. The molecule has 19 heavy (non-hydrogen) atoms. The first-order valence-electron chi connectivity index (χ1n) is 6.81.